The highest BCUT2D eigenvalue weighted by Crippen LogP contribution is 2.45. The van der Waals surface area contributed by atoms with Gasteiger partial charge in [-0.05, 0) is 47.6 Å². The van der Waals surface area contributed by atoms with E-state index < -0.39 is 0 Å². The van der Waals surface area contributed by atoms with E-state index in [1.165, 1.54) is 40.6 Å². The molecule has 2 N–H and O–H groups in total. The van der Waals surface area contributed by atoms with Gasteiger partial charge in [-0.2, -0.15) is 0 Å². The molecule has 1 aliphatic rings. The van der Waals surface area contributed by atoms with Crippen LogP contribution in [0.1, 0.15) is 49.6 Å². The largest absolute Gasteiger partial charge is 0.357 e. The molecule has 0 saturated carbocycles. The average Bonchev–Trinajstić information content (AvgIpc) is 2.95. The molecule has 0 saturated heterocycles. The van der Waals surface area contributed by atoms with E-state index in [1.54, 1.807) is 0 Å². The minimum Gasteiger partial charge on any atom is -0.357 e. The predicted molar refractivity (Wildman–Crippen MR) is 104 cm³/mol. The Bertz CT molecular complexity index is 864. The van der Waals surface area contributed by atoms with Crippen molar-refractivity contribution in [3.63, 3.8) is 0 Å². The summed E-state index contributed by atoms with van der Waals surface area (Å²) in [6.07, 6.45) is 2.37. The fourth-order valence-corrected chi connectivity index (χ4v) is 4.35. The summed E-state index contributed by atoms with van der Waals surface area (Å²) in [6.45, 7) is 5.64. The van der Waals surface area contributed by atoms with Gasteiger partial charge in [0.2, 0.25) is 0 Å². The molecule has 0 spiro atoms. The van der Waals surface area contributed by atoms with Gasteiger partial charge in [-0.25, -0.2) is 0 Å². The molecule has 3 heteroatoms. The third-order valence-electron chi connectivity index (χ3n) is 5.27. The summed E-state index contributed by atoms with van der Waals surface area (Å²) in [5, 5.41) is 5.12. The van der Waals surface area contributed by atoms with Gasteiger partial charge in [-0.3, -0.25) is 0 Å². The van der Waals surface area contributed by atoms with Crippen LogP contribution in [0.25, 0.3) is 10.9 Å². The van der Waals surface area contributed by atoms with Crippen LogP contribution in [0.4, 0.5) is 0 Å². The van der Waals surface area contributed by atoms with Gasteiger partial charge in [0.05, 0.1) is 0 Å². The first-order valence-electron chi connectivity index (χ1n) is 8.63. The van der Waals surface area contributed by atoms with E-state index in [-0.39, 0.29) is 5.41 Å². The van der Waals surface area contributed by atoms with Crippen molar-refractivity contribution in [2.45, 2.75) is 44.7 Å². The number of rotatable bonds is 3. The van der Waals surface area contributed by atoms with Crippen LogP contribution < -0.4 is 5.32 Å². The van der Waals surface area contributed by atoms with E-state index in [9.17, 15) is 0 Å². The van der Waals surface area contributed by atoms with E-state index in [4.69, 9.17) is 0 Å². The van der Waals surface area contributed by atoms with Crippen LogP contribution in [-0.2, 0) is 12.0 Å². The Labute approximate surface area is 151 Å². The van der Waals surface area contributed by atoms with Crippen molar-refractivity contribution in [1.29, 1.82) is 0 Å². The van der Waals surface area contributed by atoms with Crippen LogP contribution in [0.2, 0.25) is 0 Å². The molecule has 0 aliphatic heterocycles. The summed E-state index contributed by atoms with van der Waals surface area (Å²) >= 11 is 3.63. The Morgan fingerprint density at radius 3 is 2.75 bits per heavy atom. The third kappa shape index (κ3) is 2.80. The van der Waals surface area contributed by atoms with Crippen LogP contribution in [0, 0.1) is 0 Å². The van der Waals surface area contributed by atoms with Gasteiger partial charge in [0.25, 0.3) is 0 Å². The van der Waals surface area contributed by atoms with Crippen LogP contribution in [-0.4, -0.2) is 4.98 Å². The molecule has 124 valence electrons. The number of H-pyrrole nitrogens is 1. The second-order valence-electron chi connectivity index (χ2n) is 7.45. The molecule has 0 bridgehead atoms. The lowest BCUT2D eigenvalue weighted by Crippen LogP contribution is -2.32. The maximum atomic E-state index is 3.76. The topological polar surface area (TPSA) is 27.8 Å². The molecule has 1 aliphatic carbocycles. The molecule has 1 heterocycles. The molecule has 3 aromatic rings. The van der Waals surface area contributed by atoms with Crippen molar-refractivity contribution in [2.24, 2.45) is 0 Å². The Kier molecular flexibility index (Phi) is 4.01. The van der Waals surface area contributed by atoms with E-state index in [2.05, 4.69) is 88.6 Å². The number of hydrogen-bond donors (Lipinski definition) is 2. The summed E-state index contributed by atoms with van der Waals surface area (Å²) in [7, 11) is 0. The Morgan fingerprint density at radius 2 is 1.96 bits per heavy atom. The van der Waals surface area contributed by atoms with Gasteiger partial charge in [0, 0.05) is 33.7 Å². The molecule has 1 aromatic heterocycles. The van der Waals surface area contributed by atoms with Gasteiger partial charge in [-0.15, -0.1) is 0 Å². The molecule has 2 aromatic carbocycles. The molecule has 1 unspecified atom stereocenters. The van der Waals surface area contributed by atoms with Crippen LogP contribution in [0.3, 0.4) is 0 Å². The van der Waals surface area contributed by atoms with Gasteiger partial charge in [0.1, 0.15) is 0 Å². The monoisotopic (exact) mass is 382 g/mol. The van der Waals surface area contributed by atoms with E-state index in [0.29, 0.717) is 6.04 Å². The van der Waals surface area contributed by atoms with Gasteiger partial charge >= 0.3 is 0 Å². The minimum atomic E-state index is 0.208. The first-order chi connectivity index (χ1) is 11.5. The van der Waals surface area contributed by atoms with Gasteiger partial charge in [0.15, 0.2) is 0 Å². The molecule has 24 heavy (non-hydrogen) atoms. The highest BCUT2D eigenvalue weighted by atomic mass is 79.9. The average molecular weight is 383 g/mol. The third-order valence-corrected chi connectivity index (χ3v) is 5.76. The van der Waals surface area contributed by atoms with Crippen LogP contribution in [0.15, 0.2) is 53.0 Å². The fraction of sp³-hybridized carbons (Fsp3) is 0.333. The molecular formula is C21H23BrN2. The number of aromatic amines is 1. The Morgan fingerprint density at radius 1 is 1.17 bits per heavy atom. The van der Waals surface area contributed by atoms with Crippen molar-refractivity contribution in [2.75, 3.05) is 0 Å². The van der Waals surface area contributed by atoms with Crippen molar-refractivity contribution < 1.29 is 0 Å². The van der Waals surface area contributed by atoms with Crippen LogP contribution in [0.5, 0.6) is 0 Å². The van der Waals surface area contributed by atoms with E-state index in [1.807, 2.05) is 0 Å². The summed E-state index contributed by atoms with van der Waals surface area (Å²) in [5.74, 6) is 0. The molecule has 2 nitrogen and oxygen atoms in total. The predicted octanol–water partition coefficient (Wildman–Crippen LogP) is 5.83. The molecule has 0 amide bonds. The minimum absolute atomic E-state index is 0.208. The lowest BCUT2D eigenvalue weighted by Gasteiger charge is -2.35. The van der Waals surface area contributed by atoms with E-state index >= 15 is 0 Å². The van der Waals surface area contributed by atoms with E-state index in [0.717, 1.165) is 11.0 Å². The summed E-state index contributed by atoms with van der Waals surface area (Å²) in [4.78, 5) is 3.70. The van der Waals surface area contributed by atoms with Crippen LogP contribution >= 0.6 is 15.9 Å². The number of aromatic nitrogens is 1. The number of benzene rings is 2. The second kappa shape index (κ2) is 6.05. The number of fused-ring (bicyclic) bond motifs is 3. The van der Waals surface area contributed by atoms with Crippen molar-refractivity contribution >= 4 is 26.8 Å². The zero-order valence-corrected chi connectivity index (χ0v) is 15.8. The van der Waals surface area contributed by atoms with Gasteiger partial charge in [-0.1, -0.05) is 60.1 Å². The standard InChI is InChI=1S/C21H23BrN2/c1-21(2)11-10-18(23-13-14-6-4-3-5-7-14)20-19(21)16-12-15(22)8-9-17(16)24-20/h3-9,12,18,23-24H,10-11,13H2,1-2H3. The Hall–Kier alpha value is -1.58. The lowest BCUT2D eigenvalue weighted by molar-refractivity contribution is 0.356. The molecular weight excluding hydrogens is 360 g/mol. The maximum absolute atomic E-state index is 3.76. The normalized spacial score (nSPS) is 19.4. The van der Waals surface area contributed by atoms with Crippen molar-refractivity contribution in [3.8, 4) is 0 Å². The molecule has 0 fully saturated rings. The summed E-state index contributed by atoms with van der Waals surface area (Å²) in [5.41, 5.74) is 5.64. The maximum Gasteiger partial charge on any atom is 0.0479 e. The zero-order chi connectivity index (χ0) is 16.7. The lowest BCUT2D eigenvalue weighted by atomic mass is 9.72. The first kappa shape index (κ1) is 15.9. The molecule has 4 rings (SSSR count). The number of nitrogens with one attached hydrogen (secondary N) is 2. The summed E-state index contributed by atoms with van der Waals surface area (Å²) in [6, 6.07) is 17.6. The first-order valence-corrected chi connectivity index (χ1v) is 9.43. The molecule has 0 radical (unpaired) electrons. The van der Waals surface area contributed by atoms with Crippen molar-refractivity contribution in [1.82, 2.24) is 10.3 Å². The SMILES string of the molecule is CC1(C)CCC(NCc2ccccc2)c2[nH]c3ccc(Br)cc3c21. The number of halogens is 1. The second-order valence-corrected chi connectivity index (χ2v) is 8.36. The van der Waals surface area contributed by atoms with Crippen molar-refractivity contribution in [3.05, 3.63) is 69.8 Å². The fourth-order valence-electron chi connectivity index (χ4n) is 3.99. The van der Waals surface area contributed by atoms with Gasteiger partial charge < -0.3 is 10.3 Å². The quantitative estimate of drug-likeness (QED) is 0.585. The number of hydrogen-bond acceptors (Lipinski definition) is 1. The molecule has 1 atom stereocenters. The highest BCUT2D eigenvalue weighted by Gasteiger charge is 2.35. The zero-order valence-electron chi connectivity index (χ0n) is 14.2. The Balaban J connectivity index is 1.71. The highest BCUT2D eigenvalue weighted by molar-refractivity contribution is 9.10. The smallest absolute Gasteiger partial charge is 0.0479 e. The summed E-state index contributed by atoms with van der Waals surface area (Å²) < 4.78 is 1.15.